The Morgan fingerprint density at radius 3 is 2.29 bits per heavy atom. The number of likely N-dealkylation sites (tertiary alicyclic amines) is 1. The van der Waals surface area contributed by atoms with Gasteiger partial charge in [-0.1, -0.05) is 44.2 Å². The number of hydrogen-bond acceptors (Lipinski definition) is 4. The number of fused-ring (bicyclic) bond motifs is 1. The molecule has 1 saturated heterocycles. The molecule has 0 radical (unpaired) electrons. The SMILES string of the molecule is CCC(CC)n1cc(C(=O)N2CCCC(c3ccccc3)C2)c2cc(OC)c(OC)cc2c1=O. The molecule has 0 saturated carbocycles. The van der Waals surface area contributed by atoms with E-state index in [2.05, 4.69) is 38.1 Å². The number of rotatable bonds is 7. The summed E-state index contributed by atoms with van der Waals surface area (Å²) >= 11 is 0. The fourth-order valence-corrected chi connectivity index (χ4v) is 5.14. The first-order chi connectivity index (χ1) is 16.5. The highest BCUT2D eigenvalue weighted by Crippen LogP contribution is 2.34. The van der Waals surface area contributed by atoms with E-state index < -0.39 is 0 Å². The Morgan fingerprint density at radius 1 is 1.03 bits per heavy atom. The molecule has 6 nitrogen and oxygen atoms in total. The van der Waals surface area contributed by atoms with Crippen LogP contribution in [0.1, 0.15) is 67.4 Å². The monoisotopic (exact) mass is 462 g/mol. The van der Waals surface area contributed by atoms with Crippen molar-refractivity contribution in [1.82, 2.24) is 9.47 Å². The molecule has 1 aliphatic heterocycles. The maximum absolute atomic E-state index is 13.9. The van der Waals surface area contributed by atoms with Crippen molar-refractivity contribution in [1.29, 1.82) is 0 Å². The molecule has 34 heavy (non-hydrogen) atoms. The van der Waals surface area contributed by atoms with Crippen LogP contribution in [0.5, 0.6) is 11.5 Å². The number of piperidine rings is 1. The second kappa shape index (κ2) is 10.3. The lowest BCUT2D eigenvalue weighted by Crippen LogP contribution is -2.40. The van der Waals surface area contributed by atoms with Crippen LogP contribution in [0.2, 0.25) is 0 Å². The van der Waals surface area contributed by atoms with Crippen LogP contribution in [0.4, 0.5) is 0 Å². The Kier molecular flexibility index (Phi) is 7.25. The van der Waals surface area contributed by atoms with E-state index >= 15 is 0 Å². The van der Waals surface area contributed by atoms with Crippen molar-refractivity contribution in [3.05, 3.63) is 70.1 Å². The molecule has 180 valence electrons. The third-order valence-electron chi connectivity index (χ3n) is 7.09. The summed E-state index contributed by atoms with van der Waals surface area (Å²) in [6.45, 7) is 5.51. The lowest BCUT2D eigenvalue weighted by molar-refractivity contribution is 0.0708. The van der Waals surface area contributed by atoms with Gasteiger partial charge in [-0.05, 0) is 43.4 Å². The molecule has 1 aromatic heterocycles. The summed E-state index contributed by atoms with van der Waals surface area (Å²) in [7, 11) is 3.11. The van der Waals surface area contributed by atoms with Crippen molar-refractivity contribution in [2.75, 3.05) is 27.3 Å². The normalized spacial score (nSPS) is 16.1. The van der Waals surface area contributed by atoms with Crippen LogP contribution in [-0.4, -0.2) is 42.7 Å². The summed E-state index contributed by atoms with van der Waals surface area (Å²) in [5.41, 5.74) is 1.69. The molecule has 3 aromatic rings. The minimum absolute atomic E-state index is 0.0231. The summed E-state index contributed by atoms with van der Waals surface area (Å²) in [4.78, 5) is 29.4. The number of carbonyl (C=O) groups is 1. The van der Waals surface area contributed by atoms with Crippen molar-refractivity contribution in [2.24, 2.45) is 0 Å². The van der Waals surface area contributed by atoms with E-state index in [0.29, 0.717) is 46.8 Å². The first-order valence-corrected chi connectivity index (χ1v) is 12.2. The van der Waals surface area contributed by atoms with Gasteiger partial charge in [0, 0.05) is 36.6 Å². The largest absolute Gasteiger partial charge is 0.493 e. The standard InChI is InChI=1S/C28H34N2O4/c1-5-21(6-2)30-18-24(22-15-25(33-3)26(34-4)16-23(22)28(30)32)27(31)29-14-10-13-20(17-29)19-11-8-7-9-12-19/h7-9,11-12,15-16,18,20-21H,5-6,10,13-14,17H2,1-4H3. The fourth-order valence-electron chi connectivity index (χ4n) is 5.14. The van der Waals surface area contributed by atoms with E-state index in [1.165, 1.54) is 5.56 Å². The summed E-state index contributed by atoms with van der Waals surface area (Å²) in [6.07, 6.45) is 5.40. The van der Waals surface area contributed by atoms with Gasteiger partial charge in [-0.25, -0.2) is 0 Å². The number of hydrogen-bond donors (Lipinski definition) is 0. The van der Waals surface area contributed by atoms with Crippen LogP contribution < -0.4 is 15.0 Å². The second-order valence-electron chi connectivity index (χ2n) is 8.98. The van der Waals surface area contributed by atoms with Crippen molar-refractivity contribution in [3.63, 3.8) is 0 Å². The van der Waals surface area contributed by atoms with Crippen molar-refractivity contribution >= 4 is 16.7 Å². The van der Waals surface area contributed by atoms with Gasteiger partial charge in [0.25, 0.3) is 11.5 Å². The Hall–Kier alpha value is -3.28. The Bertz CT molecular complexity index is 1210. The van der Waals surface area contributed by atoms with E-state index in [4.69, 9.17) is 9.47 Å². The van der Waals surface area contributed by atoms with Gasteiger partial charge in [-0.2, -0.15) is 0 Å². The number of aromatic nitrogens is 1. The molecule has 1 aliphatic rings. The van der Waals surface area contributed by atoms with Crippen LogP contribution in [0, 0.1) is 0 Å². The number of benzene rings is 2. The highest BCUT2D eigenvalue weighted by Gasteiger charge is 2.28. The third-order valence-corrected chi connectivity index (χ3v) is 7.09. The first-order valence-electron chi connectivity index (χ1n) is 12.2. The molecular formula is C28H34N2O4. The van der Waals surface area contributed by atoms with E-state index in [-0.39, 0.29) is 17.5 Å². The van der Waals surface area contributed by atoms with E-state index in [9.17, 15) is 9.59 Å². The Morgan fingerprint density at radius 2 is 1.68 bits per heavy atom. The number of amides is 1. The van der Waals surface area contributed by atoms with Crippen LogP contribution in [0.25, 0.3) is 10.8 Å². The zero-order valence-electron chi connectivity index (χ0n) is 20.5. The lowest BCUT2D eigenvalue weighted by Gasteiger charge is -2.33. The number of ether oxygens (including phenoxy) is 2. The van der Waals surface area contributed by atoms with Gasteiger partial charge in [0.05, 0.1) is 25.2 Å². The summed E-state index contributed by atoms with van der Waals surface area (Å²) in [6, 6.07) is 13.9. The van der Waals surface area contributed by atoms with Gasteiger partial charge in [-0.15, -0.1) is 0 Å². The fraction of sp³-hybridized carbons (Fsp3) is 0.429. The molecule has 0 N–H and O–H groups in total. The molecule has 4 rings (SSSR count). The predicted molar refractivity (Wildman–Crippen MR) is 135 cm³/mol. The molecule has 2 aromatic carbocycles. The summed E-state index contributed by atoms with van der Waals surface area (Å²) in [5, 5.41) is 1.09. The van der Waals surface area contributed by atoms with Crippen LogP contribution >= 0.6 is 0 Å². The highest BCUT2D eigenvalue weighted by molar-refractivity contribution is 6.07. The number of pyridine rings is 1. The maximum Gasteiger partial charge on any atom is 0.258 e. The number of methoxy groups -OCH3 is 2. The smallest absolute Gasteiger partial charge is 0.258 e. The van der Waals surface area contributed by atoms with Gasteiger partial charge in [0.15, 0.2) is 11.5 Å². The molecule has 1 unspecified atom stereocenters. The van der Waals surface area contributed by atoms with Crippen LogP contribution in [0.15, 0.2) is 53.5 Å². The van der Waals surface area contributed by atoms with Crippen molar-refractivity contribution in [2.45, 2.75) is 51.5 Å². The number of nitrogens with zero attached hydrogens (tertiary/aromatic N) is 2. The van der Waals surface area contributed by atoms with Crippen molar-refractivity contribution < 1.29 is 14.3 Å². The average molecular weight is 463 g/mol. The predicted octanol–water partition coefficient (Wildman–Crippen LogP) is 5.40. The van der Waals surface area contributed by atoms with Gasteiger partial charge in [-0.3, -0.25) is 9.59 Å². The van der Waals surface area contributed by atoms with Crippen LogP contribution in [0.3, 0.4) is 0 Å². The molecule has 2 heterocycles. The molecule has 1 atom stereocenters. The Balaban J connectivity index is 1.83. The second-order valence-corrected chi connectivity index (χ2v) is 8.98. The third kappa shape index (κ3) is 4.41. The van der Waals surface area contributed by atoms with Crippen molar-refractivity contribution in [3.8, 4) is 11.5 Å². The first kappa shape index (κ1) is 23.9. The molecule has 6 heteroatoms. The molecular weight excluding hydrogens is 428 g/mol. The summed E-state index contributed by atoms with van der Waals surface area (Å²) < 4.78 is 12.7. The lowest BCUT2D eigenvalue weighted by atomic mass is 9.90. The minimum atomic E-state index is -0.109. The maximum atomic E-state index is 13.9. The molecule has 0 bridgehead atoms. The van der Waals surface area contributed by atoms with Gasteiger partial charge in [0.2, 0.25) is 0 Å². The van der Waals surface area contributed by atoms with E-state index in [1.54, 1.807) is 37.1 Å². The van der Waals surface area contributed by atoms with Crippen LogP contribution in [-0.2, 0) is 0 Å². The van der Waals surface area contributed by atoms with Gasteiger partial charge >= 0.3 is 0 Å². The zero-order valence-corrected chi connectivity index (χ0v) is 20.5. The van der Waals surface area contributed by atoms with E-state index in [1.807, 2.05) is 11.0 Å². The minimum Gasteiger partial charge on any atom is -0.493 e. The van der Waals surface area contributed by atoms with Gasteiger partial charge in [0.1, 0.15) is 0 Å². The average Bonchev–Trinajstić information content (AvgIpc) is 2.90. The van der Waals surface area contributed by atoms with E-state index in [0.717, 1.165) is 25.7 Å². The quantitative estimate of drug-likeness (QED) is 0.472. The number of carbonyl (C=O) groups excluding carboxylic acids is 1. The Labute approximate surface area is 201 Å². The topological polar surface area (TPSA) is 60.8 Å². The highest BCUT2D eigenvalue weighted by atomic mass is 16.5. The molecule has 0 aliphatic carbocycles. The molecule has 1 fully saturated rings. The molecule has 0 spiro atoms. The summed E-state index contributed by atoms with van der Waals surface area (Å²) in [5.74, 6) is 1.25. The molecule has 1 amide bonds. The zero-order chi connectivity index (χ0) is 24.2. The van der Waals surface area contributed by atoms with Gasteiger partial charge < -0.3 is 18.9 Å².